The monoisotopic (exact) mass is 481 g/mol. The van der Waals surface area contributed by atoms with Crippen molar-refractivity contribution in [3.8, 4) is 10.4 Å². The van der Waals surface area contributed by atoms with Crippen molar-refractivity contribution in [3.63, 3.8) is 0 Å². The van der Waals surface area contributed by atoms with Crippen LogP contribution in [0.2, 0.25) is 0 Å². The first kappa shape index (κ1) is 24.7. The molecule has 0 aliphatic carbocycles. The molecule has 3 rings (SSSR count). The lowest BCUT2D eigenvalue weighted by molar-refractivity contribution is -0.145. The van der Waals surface area contributed by atoms with Gasteiger partial charge in [0.25, 0.3) is 0 Å². The summed E-state index contributed by atoms with van der Waals surface area (Å²) in [4.78, 5) is 38.3. The number of carbonyl (C=O) groups is 3. The second-order valence-electron chi connectivity index (χ2n) is 7.65. The number of thioether (sulfide) groups is 1. The zero-order valence-corrected chi connectivity index (χ0v) is 20.3. The third-order valence-electron chi connectivity index (χ3n) is 5.19. The van der Waals surface area contributed by atoms with Crippen LogP contribution in [0.1, 0.15) is 18.1 Å². The molecule has 1 heterocycles. The Labute approximate surface area is 202 Å². The summed E-state index contributed by atoms with van der Waals surface area (Å²) in [5, 5.41) is 4.85. The third-order valence-corrected chi connectivity index (χ3v) is 7.08. The van der Waals surface area contributed by atoms with E-state index in [4.69, 9.17) is 4.74 Å². The van der Waals surface area contributed by atoms with Crippen molar-refractivity contribution in [2.45, 2.75) is 25.8 Å². The molecule has 0 radical (unpaired) electrons. The Hall–Kier alpha value is -2.90. The van der Waals surface area contributed by atoms with Crippen molar-refractivity contribution in [2.75, 3.05) is 12.9 Å². The fraction of sp³-hybridized carbons (Fsp3) is 0.269. The Bertz CT molecular complexity index is 1050. The molecule has 2 aromatic carbocycles. The van der Waals surface area contributed by atoms with Gasteiger partial charge in [-0.2, -0.15) is 0 Å². The van der Waals surface area contributed by atoms with Crippen LogP contribution in [0.3, 0.4) is 0 Å². The second-order valence-corrected chi connectivity index (χ2v) is 9.80. The van der Waals surface area contributed by atoms with Crippen LogP contribution < -0.4 is 5.32 Å². The summed E-state index contributed by atoms with van der Waals surface area (Å²) in [6, 6.07) is 20.9. The lowest BCUT2D eigenvalue weighted by atomic mass is 9.98. The van der Waals surface area contributed by atoms with Gasteiger partial charge in [-0.05, 0) is 34.6 Å². The van der Waals surface area contributed by atoms with E-state index in [0.717, 1.165) is 28.5 Å². The number of thiophene rings is 1. The van der Waals surface area contributed by atoms with Crippen LogP contribution in [-0.4, -0.2) is 35.9 Å². The number of amides is 1. The third kappa shape index (κ3) is 7.58. The van der Waals surface area contributed by atoms with Crippen LogP contribution in [0.5, 0.6) is 0 Å². The van der Waals surface area contributed by atoms with E-state index < -0.39 is 17.9 Å². The van der Waals surface area contributed by atoms with Gasteiger partial charge in [-0.15, -0.1) is 11.3 Å². The van der Waals surface area contributed by atoms with Crippen molar-refractivity contribution in [3.05, 3.63) is 83.2 Å². The number of benzene rings is 2. The summed E-state index contributed by atoms with van der Waals surface area (Å²) in [5.74, 6) is -0.865. The van der Waals surface area contributed by atoms with E-state index in [1.54, 1.807) is 11.3 Å². The van der Waals surface area contributed by atoms with E-state index in [2.05, 4.69) is 11.4 Å². The predicted molar refractivity (Wildman–Crippen MR) is 134 cm³/mol. The fourth-order valence-corrected chi connectivity index (χ4v) is 4.89. The molecule has 0 aliphatic heterocycles. The number of ether oxygens (including phenoxy) is 1. The highest BCUT2D eigenvalue weighted by Gasteiger charge is 2.27. The zero-order valence-electron chi connectivity index (χ0n) is 18.7. The Morgan fingerprint density at radius 1 is 0.939 bits per heavy atom. The summed E-state index contributed by atoms with van der Waals surface area (Å²) >= 11 is 2.78. The average Bonchev–Trinajstić information content (AvgIpc) is 3.36. The van der Waals surface area contributed by atoms with Crippen LogP contribution in [-0.2, 0) is 32.0 Å². The topological polar surface area (TPSA) is 72.5 Å². The van der Waals surface area contributed by atoms with E-state index in [1.165, 1.54) is 18.9 Å². The average molecular weight is 482 g/mol. The maximum atomic E-state index is 13.1. The molecule has 0 unspecified atom stereocenters. The number of nitrogens with one attached hydrogen (secondary N) is 1. The van der Waals surface area contributed by atoms with E-state index >= 15 is 0 Å². The molecule has 0 saturated heterocycles. The van der Waals surface area contributed by atoms with Crippen LogP contribution >= 0.6 is 23.1 Å². The van der Waals surface area contributed by atoms with E-state index in [-0.39, 0.29) is 11.0 Å². The van der Waals surface area contributed by atoms with Crippen molar-refractivity contribution in [1.82, 2.24) is 5.32 Å². The number of rotatable bonds is 10. The number of esters is 1. The second kappa shape index (κ2) is 12.4. The van der Waals surface area contributed by atoms with E-state index in [9.17, 15) is 14.4 Å². The molecule has 1 amide bonds. The standard InChI is InChI=1S/C26H27NO4S2/c1-18(28)33-17-22(15-19-7-4-3-5-8-19)25(29)27-23(26(30)31-2)16-20-10-12-21(13-11-20)24-9-6-14-32-24/h3-14,22-23H,15-17H2,1-2H3,(H,27,29)/t22-,23+/m1/s1. The molecular formula is C26H27NO4S2. The van der Waals surface area contributed by atoms with Gasteiger partial charge in [-0.3, -0.25) is 9.59 Å². The van der Waals surface area contributed by atoms with Gasteiger partial charge in [0.1, 0.15) is 6.04 Å². The first-order valence-electron chi connectivity index (χ1n) is 10.6. The normalized spacial score (nSPS) is 12.5. The van der Waals surface area contributed by atoms with Crippen LogP contribution in [0, 0.1) is 5.92 Å². The molecule has 0 aliphatic rings. The highest BCUT2D eigenvalue weighted by atomic mass is 32.2. The van der Waals surface area contributed by atoms with Gasteiger partial charge in [-0.1, -0.05) is 72.4 Å². The number of methoxy groups -OCH3 is 1. The molecule has 7 heteroatoms. The first-order valence-corrected chi connectivity index (χ1v) is 12.5. The minimum Gasteiger partial charge on any atom is -0.467 e. The quantitative estimate of drug-likeness (QED) is 0.423. The molecule has 3 aromatic rings. The Balaban J connectivity index is 1.71. The van der Waals surface area contributed by atoms with Gasteiger partial charge in [0.15, 0.2) is 5.12 Å². The maximum Gasteiger partial charge on any atom is 0.328 e. The van der Waals surface area contributed by atoms with Gasteiger partial charge in [0.05, 0.1) is 13.0 Å². The number of hydrogen-bond donors (Lipinski definition) is 1. The summed E-state index contributed by atoms with van der Waals surface area (Å²) in [5.41, 5.74) is 3.03. The number of carbonyl (C=O) groups excluding carboxylic acids is 3. The highest BCUT2D eigenvalue weighted by molar-refractivity contribution is 8.13. The molecule has 1 N–H and O–H groups in total. The SMILES string of the molecule is COC(=O)[C@H](Cc1ccc(-c2cccs2)cc1)NC(=O)[C@@H](CSC(C)=O)Cc1ccccc1. The Kier molecular flexibility index (Phi) is 9.27. The lowest BCUT2D eigenvalue weighted by Gasteiger charge is -2.21. The maximum absolute atomic E-state index is 13.1. The Morgan fingerprint density at radius 2 is 1.64 bits per heavy atom. The number of hydrogen-bond acceptors (Lipinski definition) is 6. The van der Waals surface area contributed by atoms with Crippen molar-refractivity contribution in [2.24, 2.45) is 5.92 Å². The molecule has 33 heavy (non-hydrogen) atoms. The molecule has 0 fully saturated rings. The summed E-state index contributed by atoms with van der Waals surface area (Å²) in [7, 11) is 1.31. The molecule has 2 atom stereocenters. The molecule has 1 aromatic heterocycles. The van der Waals surface area contributed by atoms with Gasteiger partial charge in [-0.25, -0.2) is 4.79 Å². The Morgan fingerprint density at radius 3 is 2.24 bits per heavy atom. The molecule has 0 spiro atoms. The fourth-order valence-electron chi connectivity index (χ4n) is 3.45. The summed E-state index contributed by atoms with van der Waals surface area (Å²) in [6.45, 7) is 1.49. The first-order chi connectivity index (χ1) is 16.0. The van der Waals surface area contributed by atoms with Gasteiger partial charge in [0.2, 0.25) is 5.91 Å². The summed E-state index contributed by atoms with van der Waals surface area (Å²) in [6.07, 6.45) is 0.803. The summed E-state index contributed by atoms with van der Waals surface area (Å²) < 4.78 is 4.95. The molecule has 0 saturated carbocycles. The minimum absolute atomic E-state index is 0.0452. The lowest BCUT2D eigenvalue weighted by Crippen LogP contribution is -2.46. The highest BCUT2D eigenvalue weighted by Crippen LogP contribution is 2.25. The smallest absolute Gasteiger partial charge is 0.328 e. The largest absolute Gasteiger partial charge is 0.467 e. The van der Waals surface area contributed by atoms with Crippen LogP contribution in [0.4, 0.5) is 0 Å². The van der Waals surface area contributed by atoms with Gasteiger partial charge in [0, 0.05) is 24.0 Å². The van der Waals surface area contributed by atoms with Crippen molar-refractivity contribution in [1.29, 1.82) is 0 Å². The van der Waals surface area contributed by atoms with Gasteiger partial charge < -0.3 is 10.1 Å². The van der Waals surface area contributed by atoms with Crippen LogP contribution in [0.15, 0.2) is 72.1 Å². The molecule has 172 valence electrons. The van der Waals surface area contributed by atoms with Gasteiger partial charge >= 0.3 is 5.97 Å². The minimum atomic E-state index is -0.810. The molecule has 0 bridgehead atoms. The zero-order chi connectivity index (χ0) is 23.6. The van der Waals surface area contributed by atoms with E-state index in [0.29, 0.717) is 18.6 Å². The predicted octanol–water partition coefficient (Wildman–Crippen LogP) is 4.75. The van der Waals surface area contributed by atoms with Crippen LogP contribution in [0.25, 0.3) is 10.4 Å². The van der Waals surface area contributed by atoms with Crippen molar-refractivity contribution >= 4 is 40.1 Å². The van der Waals surface area contributed by atoms with Crippen molar-refractivity contribution < 1.29 is 19.1 Å². The molecule has 5 nitrogen and oxygen atoms in total. The van der Waals surface area contributed by atoms with E-state index in [1.807, 2.05) is 66.0 Å². The molecular weight excluding hydrogens is 454 g/mol.